The van der Waals surface area contributed by atoms with Crippen LogP contribution < -0.4 is 5.32 Å². The van der Waals surface area contributed by atoms with E-state index in [9.17, 15) is 31.4 Å². The van der Waals surface area contributed by atoms with Crippen LogP contribution in [0.25, 0.3) is 22.3 Å². The molecule has 0 unspecified atom stereocenters. The van der Waals surface area contributed by atoms with Gasteiger partial charge in [0.05, 0.1) is 22.3 Å². The number of fused-ring (bicyclic) bond motifs is 1. The third-order valence-electron chi connectivity index (χ3n) is 4.59. The van der Waals surface area contributed by atoms with E-state index in [1.165, 1.54) is 36.7 Å². The Bertz CT molecular complexity index is 1310. The number of halogens is 6. The highest BCUT2D eigenvalue weighted by Crippen LogP contribution is 2.36. The summed E-state index contributed by atoms with van der Waals surface area (Å²) in [7, 11) is 0. The molecule has 0 saturated heterocycles. The van der Waals surface area contributed by atoms with Gasteiger partial charge in [-0.25, -0.2) is 15.0 Å². The summed E-state index contributed by atoms with van der Waals surface area (Å²) in [6.07, 6.45) is -6.76. The average molecular weight is 465 g/mol. The van der Waals surface area contributed by atoms with Crippen LogP contribution in [0.5, 0.6) is 0 Å². The molecule has 0 spiro atoms. The Morgan fingerprint density at radius 3 is 2.24 bits per heavy atom. The minimum atomic E-state index is -4.64. The fourth-order valence-corrected chi connectivity index (χ4v) is 3.10. The van der Waals surface area contributed by atoms with E-state index in [1.54, 1.807) is 0 Å². The zero-order valence-electron chi connectivity index (χ0n) is 16.4. The molecule has 33 heavy (non-hydrogen) atoms. The molecule has 0 aliphatic carbocycles. The Hall–Kier alpha value is -3.80. The Labute approximate surface area is 182 Å². The summed E-state index contributed by atoms with van der Waals surface area (Å²) < 4.78 is 78.5. The first-order chi connectivity index (χ1) is 15.6. The second-order valence-corrected chi connectivity index (χ2v) is 6.84. The number of aliphatic hydroxyl groups excluding tert-OH is 1. The maximum atomic E-state index is 13.4. The molecule has 0 aliphatic rings. The molecule has 3 aromatic heterocycles. The van der Waals surface area contributed by atoms with Crippen molar-refractivity contribution in [1.82, 2.24) is 19.9 Å². The summed E-state index contributed by atoms with van der Waals surface area (Å²) in [6.45, 7) is -0.584. The number of rotatable bonds is 4. The van der Waals surface area contributed by atoms with Crippen molar-refractivity contribution in [3.8, 4) is 11.3 Å². The molecule has 12 heteroatoms. The van der Waals surface area contributed by atoms with E-state index in [0.717, 1.165) is 18.2 Å². The molecule has 0 atom stereocenters. The summed E-state index contributed by atoms with van der Waals surface area (Å²) in [6, 6.07) is 7.51. The third kappa shape index (κ3) is 4.70. The molecule has 0 saturated carbocycles. The topological polar surface area (TPSA) is 83.8 Å². The number of nitrogens with one attached hydrogen (secondary N) is 1. The van der Waals surface area contributed by atoms with Gasteiger partial charge in [0.1, 0.15) is 12.1 Å². The lowest BCUT2D eigenvalue weighted by atomic mass is 10.1. The van der Waals surface area contributed by atoms with Gasteiger partial charge in [0.15, 0.2) is 11.6 Å². The van der Waals surface area contributed by atoms with E-state index in [1.807, 2.05) is 0 Å². The molecule has 170 valence electrons. The number of hydrogen-bond acceptors (Lipinski definition) is 6. The van der Waals surface area contributed by atoms with Crippen LogP contribution in [0.2, 0.25) is 0 Å². The van der Waals surface area contributed by atoms with Gasteiger partial charge < -0.3 is 10.4 Å². The average Bonchev–Trinajstić information content (AvgIpc) is 2.77. The standard InChI is InChI=1S/C21H13F6N5O/c22-20(23,24)12-3-5-13(6-4-12)30-19-18-15(31-16(10-33)32-19)8-11(9-29-18)17-14(21(25,26)27)2-1-7-28-17/h1-9,33H,10H2,(H,30,31,32). The van der Waals surface area contributed by atoms with Crippen molar-refractivity contribution in [3.63, 3.8) is 0 Å². The highest BCUT2D eigenvalue weighted by molar-refractivity contribution is 5.89. The first kappa shape index (κ1) is 22.4. The Morgan fingerprint density at radius 2 is 1.61 bits per heavy atom. The monoisotopic (exact) mass is 465 g/mol. The van der Waals surface area contributed by atoms with E-state index in [0.29, 0.717) is 0 Å². The van der Waals surface area contributed by atoms with E-state index >= 15 is 0 Å². The van der Waals surface area contributed by atoms with Crippen molar-refractivity contribution in [3.05, 3.63) is 71.8 Å². The predicted octanol–water partition coefficient (Wildman–Crippen LogP) is 5.36. The maximum Gasteiger partial charge on any atom is 0.418 e. The molecule has 0 amide bonds. The number of aliphatic hydroxyl groups is 1. The predicted molar refractivity (Wildman–Crippen MR) is 106 cm³/mol. The summed E-state index contributed by atoms with van der Waals surface area (Å²) in [5, 5.41) is 12.3. The van der Waals surface area contributed by atoms with E-state index < -0.39 is 30.1 Å². The molecular formula is C21H13F6N5O. The van der Waals surface area contributed by atoms with Crippen molar-refractivity contribution in [2.45, 2.75) is 19.0 Å². The molecular weight excluding hydrogens is 452 g/mol. The van der Waals surface area contributed by atoms with Crippen molar-refractivity contribution in [2.24, 2.45) is 0 Å². The van der Waals surface area contributed by atoms with Crippen molar-refractivity contribution in [2.75, 3.05) is 5.32 Å². The summed E-state index contributed by atoms with van der Waals surface area (Å²) >= 11 is 0. The lowest BCUT2D eigenvalue weighted by Crippen LogP contribution is -2.08. The maximum absolute atomic E-state index is 13.4. The summed E-state index contributed by atoms with van der Waals surface area (Å²) in [4.78, 5) is 16.2. The Morgan fingerprint density at radius 1 is 0.879 bits per heavy atom. The van der Waals surface area contributed by atoms with Gasteiger partial charge in [0.2, 0.25) is 0 Å². The Balaban J connectivity index is 1.77. The molecule has 2 N–H and O–H groups in total. The van der Waals surface area contributed by atoms with Gasteiger partial charge >= 0.3 is 12.4 Å². The molecule has 0 radical (unpaired) electrons. The molecule has 4 rings (SSSR count). The van der Waals surface area contributed by atoms with Crippen LogP contribution in [0.3, 0.4) is 0 Å². The largest absolute Gasteiger partial charge is 0.418 e. The second kappa shape index (κ2) is 8.28. The van der Waals surface area contributed by atoms with Crippen LogP contribution in [0.15, 0.2) is 54.9 Å². The molecule has 0 bridgehead atoms. The number of hydrogen-bond donors (Lipinski definition) is 2. The SMILES string of the molecule is OCc1nc(Nc2ccc(C(F)(F)F)cc2)c2ncc(-c3ncccc3C(F)(F)F)cc2n1. The summed E-state index contributed by atoms with van der Waals surface area (Å²) in [5.74, 6) is 0.000326. The van der Waals surface area contributed by atoms with E-state index in [2.05, 4.69) is 25.3 Å². The molecule has 4 aromatic rings. The van der Waals surface area contributed by atoms with Gasteiger partial charge in [0.25, 0.3) is 0 Å². The molecule has 6 nitrogen and oxygen atoms in total. The van der Waals surface area contributed by atoms with E-state index in [4.69, 9.17) is 0 Å². The minimum Gasteiger partial charge on any atom is -0.388 e. The van der Waals surface area contributed by atoms with Crippen LogP contribution in [0, 0.1) is 0 Å². The van der Waals surface area contributed by atoms with Crippen LogP contribution in [0.1, 0.15) is 17.0 Å². The van der Waals surface area contributed by atoms with Crippen molar-refractivity contribution >= 4 is 22.5 Å². The zero-order chi connectivity index (χ0) is 23.8. The fourth-order valence-electron chi connectivity index (χ4n) is 3.10. The van der Waals surface area contributed by atoms with Crippen LogP contribution >= 0.6 is 0 Å². The minimum absolute atomic E-state index is 0.0403. The van der Waals surface area contributed by atoms with Crippen LogP contribution in [-0.2, 0) is 19.0 Å². The van der Waals surface area contributed by atoms with Crippen LogP contribution in [-0.4, -0.2) is 25.0 Å². The molecule has 1 aromatic carbocycles. The molecule has 0 aliphatic heterocycles. The number of pyridine rings is 2. The first-order valence-corrected chi connectivity index (χ1v) is 9.30. The van der Waals surface area contributed by atoms with Crippen molar-refractivity contribution < 1.29 is 31.4 Å². The quantitative estimate of drug-likeness (QED) is 0.395. The molecule has 0 fully saturated rings. The lowest BCUT2D eigenvalue weighted by Gasteiger charge is -2.13. The van der Waals surface area contributed by atoms with Gasteiger partial charge in [0, 0.05) is 23.6 Å². The number of anilines is 2. The van der Waals surface area contributed by atoms with Gasteiger partial charge in [-0.2, -0.15) is 26.3 Å². The van der Waals surface area contributed by atoms with Gasteiger partial charge in [-0.05, 0) is 42.5 Å². The summed E-state index contributed by atoms with van der Waals surface area (Å²) in [5.41, 5.74) is -1.60. The normalized spacial score (nSPS) is 12.2. The number of benzene rings is 1. The number of aromatic nitrogens is 4. The zero-order valence-corrected chi connectivity index (χ0v) is 16.4. The van der Waals surface area contributed by atoms with Gasteiger partial charge in [-0.3, -0.25) is 4.98 Å². The fraction of sp³-hybridized carbons (Fsp3) is 0.143. The van der Waals surface area contributed by atoms with Crippen LogP contribution in [0.4, 0.5) is 37.8 Å². The van der Waals surface area contributed by atoms with Crippen molar-refractivity contribution in [1.29, 1.82) is 0 Å². The first-order valence-electron chi connectivity index (χ1n) is 9.30. The lowest BCUT2D eigenvalue weighted by molar-refractivity contribution is -0.138. The highest BCUT2D eigenvalue weighted by atomic mass is 19.4. The number of alkyl halides is 6. The third-order valence-corrected chi connectivity index (χ3v) is 4.59. The molecule has 3 heterocycles. The Kier molecular flexibility index (Phi) is 5.62. The van der Waals surface area contributed by atoms with E-state index in [-0.39, 0.29) is 39.6 Å². The van der Waals surface area contributed by atoms with Gasteiger partial charge in [-0.1, -0.05) is 0 Å². The second-order valence-electron chi connectivity index (χ2n) is 6.84. The van der Waals surface area contributed by atoms with Gasteiger partial charge in [-0.15, -0.1) is 0 Å². The number of nitrogens with zero attached hydrogens (tertiary/aromatic N) is 4. The smallest absolute Gasteiger partial charge is 0.388 e. The highest BCUT2D eigenvalue weighted by Gasteiger charge is 2.34.